The summed E-state index contributed by atoms with van der Waals surface area (Å²) >= 11 is 1.14. The summed E-state index contributed by atoms with van der Waals surface area (Å²) in [7, 11) is 3.04. The van der Waals surface area contributed by atoms with Crippen LogP contribution < -0.4 is 16.2 Å². The van der Waals surface area contributed by atoms with Gasteiger partial charge in [-0.15, -0.1) is 0 Å². The Morgan fingerprint density at radius 2 is 1.96 bits per heavy atom. The van der Waals surface area contributed by atoms with E-state index >= 15 is 0 Å². The third kappa shape index (κ3) is 4.72. The normalized spacial score (nSPS) is 10.5. The maximum atomic E-state index is 13.7. The van der Waals surface area contributed by atoms with Gasteiger partial charge in [-0.25, -0.2) is 14.4 Å². The van der Waals surface area contributed by atoms with Crippen molar-refractivity contribution in [2.45, 2.75) is 11.7 Å². The van der Waals surface area contributed by atoms with Crippen molar-refractivity contribution in [1.29, 1.82) is 0 Å². The number of hydrogen-bond acceptors (Lipinski definition) is 7. The topological polar surface area (TPSA) is 107 Å². The molecule has 1 aromatic heterocycles. The zero-order valence-electron chi connectivity index (χ0n) is 13.3. The molecule has 0 radical (unpaired) electrons. The lowest BCUT2D eigenvalue weighted by molar-refractivity contribution is -0.127. The SMILES string of the molecule is COc1ccc(CN(C)C(=O)CSc2nc(N)cc(N)n2)cc1F. The lowest BCUT2D eigenvalue weighted by Gasteiger charge is -2.17. The quantitative estimate of drug-likeness (QED) is 0.600. The third-order valence-electron chi connectivity index (χ3n) is 3.13. The number of anilines is 2. The zero-order chi connectivity index (χ0) is 17.7. The lowest BCUT2D eigenvalue weighted by Crippen LogP contribution is -2.27. The Balaban J connectivity index is 1.93. The third-order valence-corrected chi connectivity index (χ3v) is 3.96. The summed E-state index contributed by atoms with van der Waals surface area (Å²) < 4.78 is 18.5. The predicted molar refractivity (Wildman–Crippen MR) is 91.0 cm³/mol. The van der Waals surface area contributed by atoms with Gasteiger partial charge in [0.15, 0.2) is 16.7 Å². The Bertz CT molecular complexity index is 724. The molecule has 2 rings (SSSR count). The van der Waals surface area contributed by atoms with Gasteiger partial charge < -0.3 is 21.1 Å². The number of thioether (sulfide) groups is 1. The molecular weight excluding hydrogens is 333 g/mol. The van der Waals surface area contributed by atoms with Gasteiger partial charge in [0.2, 0.25) is 5.91 Å². The standard InChI is InChI=1S/C15H18FN5O2S/c1-21(7-9-3-4-11(23-2)10(16)5-9)14(22)8-24-15-19-12(17)6-13(18)20-15/h3-6H,7-8H2,1-2H3,(H4,17,18,19,20). The molecule has 128 valence electrons. The molecule has 0 saturated carbocycles. The first-order valence-corrected chi connectivity index (χ1v) is 7.97. The van der Waals surface area contributed by atoms with E-state index in [4.69, 9.17) is 16.2 Å². The van der Waals surface area contributed by atoms with E-state index in [1.807, 2.05) is 0 Å². The van der Waals surface area contributed by atoms with Crippen LogP contribution in [0.2, 0.25) is 0 Å². The van der Waals surface area contributed by atoms with Crippen LogP contribution in [0.4, 0.5) is 16.0 Å². The molecule has 4 N–H and O–H groups in total. The molecule has 0 bridgehead atoms. The van der Waals surface area contributed by atoms with E-state index in [0.29, 0.717) is 10.7 Å². The number of nitrogens with zero attached hydrogens (tertiary/aromatic N) is 3. The number of aromatic nitrogens is 2. The molecular formula is C15H18FN5O2S. The van der Waals surface area contributed by atoms with Gasteiger partial charge in [0.05, 0.1) is 12.9 Å². The molecule has 0 aliphatic carbocycles. The van der Waals surface area contributed by atoms with Crippen molar-refractivity contribution in [3.63, 3.8) is 0 Å². The predicted octanol–water partition coefficient (Wildman–Crippen LogP) is 1.54. The molecule has 0 aliphatic rings. The molecule has 7 nitrogen and oxygen atoms in total. The number of halogens is 1. The van der Waals surface area contributed by atoms with Gasteiger partial charge in [-0.05, 0) is 17.7 Å². The van der Waals surface area contributed by atoms with Gasteiger partial charge in [-0.3, -0.25) is 4.79 Å². The van der Waals surface area contributed by atoms with Gasteiger partial charge in [0, 0.05) is 19.7 Å². The van der Waals surface area contributed by atoms with Crippen LogP contribution in [-0.4, -0.2) is 40.7 Å². The molecule has 0 fully saturated rings. The van der Waals surface area contributed by atoms with E-state index in [9.17, 15) is 9.18 Å². The van der Waals surface area contributed by atoms with Crippen molar-refractivity contribution >= 4 is 29.3 Å². The second kappa shape index (κ2) is 7.82. The summed E-state index contributed by atoms with van der Waals surface area (Å²) in [5.74, 6) is 0.172. The van der Waals surface area contributed by atoms with Crippen molar-refractivity contribution < 1.29 is 13.9 Å². The van der Waals surface area contributed by atoms with Crippen LogP contribution in [-0.2, 0) is 11.3 Å². The Morgan fingerprint density at radius 3 is 2.54 bits per heavy atom. The van der Waals surface area contributed by atoms with Crippen molar-refractivity contribution in [2.75, 3.05) is 31.4 Å². The van der Waals surface area contributed by atoms with Crippen LogP contribution in [0.1, 0.15) is 5.56 Å². The molecule has 1 heterocycles. The van der Waals surface area contributed by atoms with Gasteiger partial charge in [0.25, 0.3) is 0 Å². The van der Waals surface area contributed by atoms with E-state index in [0.717, 1.165) is 11.8 Å². The molecule has 1 amide bonds. The Kier molecular flexibility index (Phi) is 5.80. The van der Waals surface area contributed by atoms with Gasteiger partial charge in [-0.1, -0.05) is 17.8 Å². The fraction of sp³-hybridized carbons (Fsp3) is 0.267. The van der Waals surface area contributed by atoms with Crippen LogP contribution in [0.25, 0.3) is 0 Å². The Morgan fingerprint density at radius 1 is 1.29 bits per heavy atom. The van der Waals surface area contributed by atoms with Crippen molar-refractivity contribution in [3.05, 3.63) is 35.6 Å². The van der Waals surface area contributed by atoms with E-state index in [1.165, 1.54) is 30.2 Å². The van der Waals surface area contributed by atoms with E-state index in [-0.39, 0.29) is 35.6 Å². The first-order valence-electron chi connectivity index (χ1n) is 6.98. The number of methoxy groups -OCH3 is 1. The minimum atomic E-state index is -0.464. The number of nitrogen functional groups attached to an aromatic ring is 2. The van der Waals surface area contributed by atoms with Crippen molar-refractivity contribution in [3.8, 4) is 5.75 Å². The lowest BCUT2D eigenvalue weighted by atomic mass is 10.2. The summed E-state index contributed by atoms with van der Waals surface area (Å²) in [6, 6.07) is 6.02. The molecule has 24 heavy (non-hydrogen) atoms. The largest absolute Gasteiger partial charge is 0.494 e. The van der Waals surface area contributed by atoms with Gasteiger partial charge >= 0.3 is 0 Å². The molecule has 0 unspecified atom stereocenters. The van der Waals surface area contributed by atoms with Crippen LogP contribution in [0.15, 0.2) is 29.4 Å². The number of benzene rings is 1. The molecule has 0 saturated heterocycles. The minimum Gasteiger partial charge on any atom is -0.494 e. The first-order chi connectivity index (χ1) is 11.4. The van der Waals surface area contributed by atoms with Gasteiger partial charge in [0.1, 0.15) is 11.6 Å². The fourth-order valence-corrected chi connectivity index (χ4v) is 2.75. The van der Waals surface area contributed by atoms with Gasteiger partial charge in [-0.2, -0.15) is 0 Å². The van der Waals surface area contributed by atoms with Crippen LogP contribution in [0.5, 0.6) is 5.75 Å². The van der Waals surface area contributed by atoms with E-state index in [2.05, 4.69) is 9.97 Å². The Hall–Kier alpha value is -2.55. The average Bonchev–Trinajstić information content (AvgIpc) is 2.52. The summed E-state index contributed by atoms with van der Waals surface area (Å²) in [6.07, 6.45) is 0. The average molecular weight is 351 g/mol. The number of hydrogen-bond donors (Lipinski definition) is 2. The number of carbonyl (C=O) groups excluding carboxylic acids is 1. The summed E-state index contributed by atoms with van der Waals surface area (Å²) in [6.45, 7) is 0.278. The van der Waals surface area contributed by atoms with E-state index < -0.39 is 5.82 Å². The van der Waals surface area contributed by atoms with Crippen molar-refractivity contribution in [2.24, 2.45) is 0 Å². The van der Waals surface area contributed by atoms with E-state index in [1.54, 1.807) is 13.1 Å². The molecule has 1 aromatic carbocycles. The number of nitrogens with two attached hydrogens (primary N) is 2. The first kappa shape index (κ1) is 17.8. The smallest absolute Gasteiger partial charge is 0.233 e. The highest BCUT2D eigenvalue weighted by atomic mass is 32.2. The summed E-state index contributed by atoms with van der Waals surface area (Å²) in [5.41, 5.74) is 11.8. The second-order valence-corrected chi connectivity index (χ2v) is 5.95. The Labute approximate surface area is 143 Å². The maximum Gasteiger partial charge on any atom is 0.233 e. The molecule has 0 atom stereocenters. The second-order valence-electron chi connectivity index (χ2n) is 5.01. The maximum absolute atomic E-state index is 13.7. The fourth-order valence-electron chi connectivity index (χ4n) is 1.93. The number of rotatable bonds is 6. The van der Waals surface area contributed by atoms with Crippen LogP contribution in [0.3, 0.4) is 0 Å². The minimum absolute atomic E-state index is 0.123. The molecule has 0 aliphatic heterocycles. The number of ether oxygens (including phenoxy) is 1. The van der Waals surface area contributed by atoms with Crippen LogP contribution >= 0.6 is 11.8 Å². The monoisotopic (exact) mass is 351 g/mol. The number of amides is 1. The van der Waals surface area contributed by atoms with Crippen molar-refractivity contribution in [1.82, 2.24) is 14.9 Å². The molecule has 2 aromatic rings. The van der Waals surface area contributed by atoms with Crippen LogP contribution in [0, 0.1) is 5.82 Å². The molecule has 0 spiro atoms. The summed E-state index contributed by atoms with van der Waals surface area (Å²) in [5, 5.41) is 0.338. The number of carbonyl (C=O) groups is 1. The highest BCUT2D eigenvalue weighted by Crippen LogP contribution is 2.20. The molecule has 9 heteroatoms. The highest BCUT2D eigenvalue weighted by molar-refractivity contribution is 7.99. The zero-order valence-corrected chi connectivity index (χ0v) is 14.1. The summed E-state index contributed by atoms with van der Waals surface area (Å²) in [4.78, 5) is 21.6. The highest BCUT2D eigenvalue weighted by Gasteiger charge is 2.13.